The predicted molar refractivity (Wildman–Crippen MR) is 287 cm³/mol. The molecule has 4 aliphatic heterocycles. The Morgan fingerprint density at radius 1 is 0.800 bits per heavy atom. The highest BCUT2D eigenvalue weighted by Crippen LogP contribution is 2.46. The summed E-state index contributed by atoms with van der Waals surface area (Å²) < 4.78 is 60.4. The third-order valence-corrected chi connectivity index (χ3v) is 15.2. The highest BCUT2D eigenvalue weighted by molar-refractivity contribution is 7.86. The summed E-state index contributed by atoms with van der Waals surface area (Å²) in [5.41, 5.74) is 6.30. The molecule has 0 aliphatic carbocycles. The number of carbonyl (C=O) groups is 4. The first kappa shape index (κ1) is 52.7. The monoisotopic (exact) mass is 1060 g/mol. The van der Waals surface area contributed by atoms with Gasteiger partial charge in [-0.1, -0.05) is 50.2 Å². The molecule has 5 aromatic rings. The number of aliphatic hydroxyl groups excluding tert-OH is 1. The van der Waals surface area contributed by atoms with E-state index in [4.69, 9.17) is 18.9 Å². The number of aliphatic hydroxyl groups is 1. The van der Waals surface area contributed by atoms with Crippen LogP contribution in [0.2, 0.25) is 0 Å². The van der Waals surface area contributed by atoms with Gasteiger partial charge in [-0.15, -0.1) is 0 Å². The number of benzene rings is 5. The van der Waals surface area contributed by atoms with E-state index in [1.54, 1.807) is 48.5 Å². The Balaban J connectivity index is 0.976. The van der Waals surface area contributed by atoms with E-state index in [0.717, 1.165) is 23.2 Å². The third kappa shape index (κ3) is 11.3. The maximum atomic E-state index is 14.3. The summed E-state index contributed by atoms with van der Waals surface area (Å²) in [4.78, 5) is 57.2. The van der Waals surface area contributed by atoms with Crippen molar-refractivity contribution >= 4 is 74.8 Å². The Morgan fingerprint density at radius 2 is 1.40 bits per heavy atom. The molecule has 19 nitrogen and oxygen atoms in total. The van der Waals surface area contributed by atoms with E-state index in [2.05, 4.69) is 45.3 Å². The number of para-hydroxylation sites is 2. The molecule has 0 fully saturated rings. The number of ether oxygens (including phenoxy) is 4. The van der Waals surface area contributed by atoms with Gasteiger partial charge in [0.25, 0.3) is 16.0 Å². The third-order valence-electron chi connectivity index (χ3n) is 13.9. The maximum absolute atomic E-state index is 14.3. The topological polar surface area (TPSA) is 246 Å². The van der Waals surface area contributed by atoms with Crippen molar-refractivity contribution in [1.29, 1.82) is 0 Å². The number of hydrogen-bond acceptors (Lipinski definition) is 15. The smallest absolute Gasteiger partial charge is 0.288 e. The lowest BCUT2D eigenvalue weighted by Gasteiger charge is -2.30. The molecule has 396 valence electrons. The number of methoxy groups -OCH3 is 2. The molecule has 9 rings (SSSR count). The van der Waals surface area contributed by atoms with Crippen LogP contribution < -0.4 is 55.3 Å². The molecule has 4 heterocycles. The van der Waals surface area contributed by atoms with Gasteiger partial charge in [-0.3, -0.25) is 23.7 Å². The average Bonchev–Trinajstić information content (AvgIpc) is 3.87. The summed E-state index contributed by atoms with van der Waals surface area (Å²) in [5.74, 6) is -0.920. The zero-order valence-corrected chi connectivity index (χ0v) is 44.0. The van der Waals surface area contributed by atoms with Crippen LogP contribution in [0.4, 0.5) is 28.4 Å². The largest absolute Gasteiger partial charge is 0.493 e. The van der Waals surface area contributed by atoms with Crippen LogP contribution in [0.25, 0.3) is 0 Å². The number of anilines is 5. The van der Waals surface area contributed by atoms with Crippen LogP contribution in [-0.2, 0) is 50.6 Å². The Kier molecular flexibility index (Phi) is 14.9. The molecule has 0 saturated carbocycles. The van der Waals surface area contributed by atoms with E-state index in [0.29, 0.717) is 58.2 Å². The minimum atomic E-state index is -4.76. The van der Waals surface area contributed by atoms with Gasteiger partial charge in [-0.2, -0.15) is 21.0 Å². The van der Waals surface area contributed by atoms with E-state index in [1.165, 1.54) is 45.1 Å². The molecule has 5 aromatic carbocycles. The molecule has 7 N–H and O–H groups in total. The second kappa shape index (κ2) is 21.2. The minimum absolute atomic E-state index is 0.00829. The number of amides is 4. The van der Waals surface area contributed by atoms with Crippen molar-refractivity contribution in [3.05, 3.63) is 124 Å². The zero-order valence-electron chi connectivity index (χ0n) is 42.3. The van der Waals surface area contributed by atoms with Crippen LogP contribution in [0.1, 0.15) is 84.9 Å². The summed E-state index contributed by atoms with van der Waals surface area (Å²) >= 11 is 4.46. The Bertz CT molecular complexity index is 3170. The Hall–Kier alpha value is -7.20. The Morgan fingerprint density at radius 3 is 2.04 bits per heavy atom. The van der Waals surface area contributed by atoms with Crippen LogP contribution in [0, 0.1) is 0 Å². The summed E-state index contributed by atoms with van der Waals surface area (Å²) in [6.45, 7) is 7.19. The van der Waals surface area contributed by atoms with Gasteiger partial charge in [0.05, 0.1) is 37.6 Å². The molecule has 6 atom stereocenters. The first-order valence-electron chi connectivity index (χ1n) is 24.6. The molecule has 75 heavy (non-hydrogen) atoms. The second-order valence-corrected chi connectivity index (χ2v) is 22.6. The fourth-order valence-corrected chi connectivity index (χ4v) is 11.1. The number of nitrogens with zero attached hydrogens (tertiary/aromatic N) is 2. The standard InChI is InChI=1S/C54H61N7O12S2/c1-29(56-48(62)15-16-54(3,4)74)49(63)57-30(2)50(64)58-35-18-31(27-72-46-24-39-37(22-44(46)70-5)52(65)60-36(26-55-39)20-33-11-7-9-13-41(33)60)17-32(19-35)28-73-47-25-40-38(23-45(47)71-6)53(66)61-42-14-10-8-12-34(42)21-43(61)51(59-40)75(67,68)69/h7-14,17-19,22-25,29-30,36,43,51-52,55,59,65,74H,15-16,20-21,26-28H2,1-6H3,(H,56,62)(H,57,63)(H,58,64)(H,67,68,69)/t29-,30-,36-,43-,51?,52?/m0/s1. The van der Waals surface area contributed by atoms with Gasteiger partial charge in [-0.05, 0) is 97.8 Å². The lowest BCUT2D eigenvalue weighted by Crippen LogP contribution is -2.50. The van der Waals surface area contributed by atoms with Crippen molar-refractivity contribution in [3.63, 3.8) is 0 Å². The number of hydrogen-bond donors (Lipinski definition) is 8. The summed E-state index contributed by atoms with van der Waals surface area (Å²) in [5, 5.41) is 24.8. The van der Waals surface area contributed by atoms with Gasteiger partial charge in [-0.25, -0.2) is 0 Å². The van der Waals surface area contributed by atoms with Gasteiger partial charge in [0, 0.05) is 58.2 Å². The van der Waals surface area contributed by atoms with E-state index >= 15 is 0 Å². The van der Waals surface area contributed by atoms with E-state index < -0.39 is 57.6 Å². The summed E-state index contributed by atoms with van der Waals surface area (Å²) in [6, 6.07) is 23.8. The number of fused-ring (bicyclic) bond motifs is 8. The van der Waals surface area contributed by atoms with E-state index in [-0.39, 0.29) is 65.5 Å². The number of carbonyl (C=O) groups excluding carboxylic acids is 4. The van der Waals surface area contributed by atoms with Crippen LogP contribution >= 0.6 is 12.6 Å². The normalized spacial score (nSPS) is 19.1. The molecular formula is C54H61N7O12S2. The molecule has 0 radical (unpaired) electrons. The van der Waals surface area contributed by atoms with Crippen molar-refractivity contribution in [2.24, 2.45) is 0 Å². The van der Waals surface area contributed by atoms with Crippen LogP contribution in [0.15, 0.2) is 91.0 Å². The summed E-state index contributed by atoms with van der Waals surface area (Å²) in [7, 11) is -1.85. The van der Waals surface area contributed by atoms with E-state index in [1.807, 2.05) is 43.0 Å². The number of thiol groups is 1. The van der Waals surface area contributed by atoms with E-state index in [9.17, 15) is 37.3 Å². The quantitative estimate of drug-likeness (QED) is 0.0373. The Labute approximate surface area is 440 Å². The molecule has 2 unspecified atom stereocenters. The molecule has 0 aromatic heterocycles. The number of rotatable bonds is 17. The molecule has 21 heteroatoms. The highest BCUT2D eigenvalue weighted by atomic mass is 32.2. The van der Waals surface area contributed by atoms with Crippen molar-refractivity contribution in [2.45, 2.75) is 107 Å². The molecule has 0 bridgehead atoms. The van der Waals surface area contributed by atoms with Crippen molar-refractivity contribution in [1.82, 2.24) is 10.6 Å². The predicted octanol–water partition coefficient (Wildman–Crippen LogP) is 6.36. The molecule has 4 aliphatic rings. The SMILES string of the molecule is COc1cc2c(cc1OCc1cc(COc3cc4c(cc3OC)C(O)N3c5ccccc5C[C@H]3CN4)cc(NC(=O)[C@H](C)NC(=O)[C@H](C)NC(=O)CCC(C)(C)S)c1)NC(S(=O)(=O)O)[C@@H]1Cc3ccccc3N1C2=O. The van der Waals surface area contributed by atoms with Gasteiger partial charge >= 0.3 is 0 Å². The molecule has 4 amide bonds. The second-order valence-electron chi connectivity index (χ2n) is 19.9. The van der Waals surface area contributed by atoms with Gasteiger partial charge in [0.1, 0.15) is 25.3 Å². The minimum Gasteiger partial charge on any atom is -0.493 e. The summed E-state index contributed by atoms with van der Waals surface area (Å²) in [6.07, 6.45) is 0.648. The first-order chi connectivity index (χ1) is 35.7. The highest BCUT2D eigenvalue weighted by Gasteiger charge is 2.47. The fraction of sp³-hybridized carbons (Fsp3) is 0.370. The fourth-order valence-electron chi connectivity index (χ4n) is 10.1. The lowest BCUT2D eigenvalue weighted by molar-refractivity contribution is -0.130. The lowest BCUT2D eigenvalue weighted by atomic mass is 10.1. The van der Waals surface area contributed by atoms with Crippen LogP contribution in [0.5, 0.6) is 23.0 Å². The van der Waals surface area contributed by atoms with Crippen molar-refractivity contribution < 1.29 is 56.2 Å². The van der Waals surface area contributed by atoms with Crippen LogP contribution in [0.3, 0.4) is 0 Å². The molecule has 0 saturated heterocycles. The zero-order chi connectivity index (χ0) is 53.5. The number of nitrogens with one attached hydrogen (secondary N) is 5. The molecular weight excluding hydrogens is 1000 g/mol. The molecule has 0 spiro atoms. The average molecular weight is 1060 g/mol. The van der Waals surface area contributed by atoms with Gasteiger partial charge < -0.3 is 60.4 Å². The first-order valence-corrected chi connectivity index (χ1v) is 26.5. The van der Waals surface area contributed by atoms with Gasteiger partial charge in [0.2, 0.25) is 17.7 Å². The van der Waals surface area contributed by atoms with Gasteiger partial charge in [0.15, 0.2) is 34.6 Å². The maximum Gasteiger partial charge on any atom is 0.288 e. The van der Waals surface area contributed by atoms with Crippen molar-refractivity contribution in [3.8, 4) is 23.0 Å². The van der Waals surface area contributed by atoms with Crippen LogP contribution in [-0.4, -0.2) is 96.8 Å². The van der Waals surface area contributed by atoms with Crippen molar-refractivity contribution in [2.75, 3.05) is 46.5 Å².